The van der Waals surface area contributed by atoms with Gasteiger partial charge in [-0.1, -0.05) is 54.6 Å². The molecule has 1 aromatic heterocycles. The standard InChI is InChI=1S/C30H26N2O7S/c1-2-38-29(36)25-24(20-40-19-18-39-28(35)23-16-10-5-11-17-23)31(26(33)21-12-6-3-7-13-21)30(37)32(25)27(34)22-14-8-4-9-15-22/h3-17H,2,18-20H2,1H3. The summed E-state index contributed by atoms with van der Waals surface area (Å²) in [7, 11) is 0. The molecule has 40 heavy (non-hydrogen) atoms. The molecule has 0 bridgehead atoms. The van der Waals surface area contributed by atoms with Crippen LogP contribution in [0.3, 0.4) is 0 Å². The fourth-order valence-corrected chi connectivity index (χ4v) is 4.73. The van der Waals surface area contributed by atoms with Gasteiger partial charge in [-0.2, -0.15) is 11.8 Å². The summed E-state index contributed by atoms with van der Waals surface area (Å²) >= 11 is 1.23. The van der Waals surface area contributed by atoms with E-state index in [0.717, 1.165) is 4.57 Å². The molecular weight excluding hydrogens is 532 g/mol. The lowest BCUT2D eigenvalue weighted by Crippen LogP contribution is -2.34. The highest BCUT2D eigenvalue weighted by Crippen LogP contribution is 2.20. The molecule has 10 heteroatoms. The molecule has 0 fully saturated rings. The van der Waals surface area contributed by atoms with Gasteiger partial charge in [-0.15, -0.1) is 0 Å². The SMILES string of the molecule is CCOC(=O)c1c(CSCCOC(=O)c2ccccc2)n(C(=O)c2ccccc2)c(=O)n1C(=O)c1ccccc1. The van der Waals surface area contributed by atoms with Gasteiger partial charge in [0.15, 0.2) is 5.69 Å². The average Bonchev–Trinajstić information content (AvgIpc) is 3.29. The molecule has 204 valence electrons. The van der Waals surface area contributed by atoms with E-state index >= 15 is 0 Å². The summed E-state index contributed by atoms with van der Waals surface area (Å²) in [4.78, 5) is 66.1. The van der Waals surface area contributed by atoms with Gasteiger partial charge in [-0.25, -0.2) is 23.5 Å². The summed E-state index contributed by atoms with van der Waals surface area (Å²) in [5.41, 5.74) is -0.508. The van der Waals surface area contributed by atoms with Gasteiger partial charge in [0.1, 0.15) is 6.61 Å². The van der Waals surface area contributed by atoms with Crippen molar-refractivity contribution in [1.82, 2.24) is 9.13 Å². The molecule has 0 amide bonds. The van der Waals surface area contributed by atoms with Crippen LogP contribution >= 0.6 is 11.8 Å². The van der Waals surface area contributed by atoms with Crippen LogP contribution in [0.25, 0.3) is 0 Å². The fraction of sp³-hybridized carbons (Fsp3) is 0.167. The molecule has 0 spiro atoms. The Kier molecular flexibility index (Phi) is 9.48. The predicted molar refractivity (Wildman–Crippen MR) is 150 cm³/mol. The van der Waals surface area contributed by atoms with Crippen LogP contribution in [0.2, 0.25) is 0 Å². The van der Waals surface area contributed by atoms with Gasteiger partial charge >= 0.3 is 17.6 Å². The molecule has 0 radical (unpaired) electrons. The van der Waals surface area contributed by atoms with Crippen LogP contribution in [-0.4, -0.2) is 51.9 Å². The smallest absolute Gasteiger partial charge is 0.357 e. The van der Waals surface area contributed by atoms with Crippen LogP contribution in [0.1, 0.15) is 54.2 Å². The molecule has 4 rings (SSSR count). The average molecular weight is 559 g/mol. The number of aromatic nitrogens is 2. The first-order valence-electron chi connectivity index (χ1n) is 12.5. The third-order valence-electron chi connectivity index (χ3n) is 5.77. The molecule has 0 aliphatic heterocycles. The number of carbonyl (C=O) groups is 4. The number of carbonyl (C=O) groups excluding carboxylic acids is 4. The Bertz CT molecular complexity index is 1560. The van der Waals surface area contributed by atoms with Gasteiger partial charge < -0.3 is 9.47 Å². The molecule has 1 heterocycles. The maximum atomic E-state index is 13.7. The number of hydrogen-bond acceptors (Lipinski definition) is 8. The Morgan fingerprint density at radius 2 is 1.18 bits per heavy atom. The molecule has 0 unspecified atom stereocenters. The van der Waals surface area contributed by atoms with E-state index in [1.807, 2.05) is 0 Å². The molecule has 0 N–H and O–H groups in total. The third-order valence-corrected chi connectivity index (χ3v) is 6.71. The van der Waals surface area contributed by atoms with E-state index in [1.54, 1.807) is 73.7 Å². The quantitative estimate of drug-likeness (QED) is 0.209. The largest absolute Gasteiger partial charge is 0.461 e. The topological polar surface area (TPSA) is 114 Å². The van der Waals surface area contributed by atoms with E-state index in [-0.39, 0.29) is 41.5 Å². The van der Waals surface area contributed by atoms with Crippen molar-refractivity contribution in [2.24, 2.45) is 0 Å². The third kappa shape index (κ3) is 6.29. The second-order valence-electron chi connectivity index (χ2n) is 8.37. The molecule has 3 aromatic carbocycles. The Hall–Kier alpha value is -4.70. The number of imidazole rings is 1. The van der Waals surface area contributed by atoms with Crippen LogP contribution in [-0.2, 0) is 15.2 Å². The van der Waals surface area contributed by atoms with E-state index in [4.69, 9.17) is 9.47 Å². The lowest BCUT2D eigenvalue weighted by molar-refractivity contribution is 0.0506. The number of thioether (sulfide) groups is 1. The summed E-state index contributed by atoms with van der Waals surface area (Å²) in [6, 6.07) is 24.6. The molecule has 0 aliphatic rings. The first-order valence-corrected chi connectivity index (χ1v) is 13.6. The zero-order valence-electron chi connectivity index (χ0n) is 21.6. The fourth-order valence-electron chi connectivity index (χ4n) is 3.92. The maximum absolute atomic E-state index is 13.7. The Morgan fingerprint density at radius 3 is 1.70 bits per heavy atom. The van der Waals surface area contributed by atoms with Crippen molar-refractivity contribution >= 4 is 35.5 Å². The monoisotopic (exact) mass is 558 g/mol. The van der Waals surface area contributed by atoms with Crippen LogP contribution in [0.4, 0.5) is 0 Å². The normalized spacial score (nSPS) is 10.6. The van der Waals surface area contributed by atoms with Gasteiger partial charge in [0, 0.05) is 22.6 Å². The number of hydrogen-bond donors (Lipinski definition) is 0. The van der Waals surface area contributed by atoms with E-state index in [0.29, 0.717) is 15.9 Å². The summed E-state index contributed by atoms with van der Waals surface area (Å²) in [6.45, 7) is 1.64. The molecule has 9 nitrogen and oxygen atoms in total. The highest BCUT2D eigenvalue weighted by Gasteiger charge is 2.32. The van der Waals surface area contributed by atoms with E-state index in [1.165, 1.54) is 36.0 Å². The molecular formula is C30H26N2O7S. The summed E-state index contributed by atoms with van der Waals surface area (Å²) in [5, 5.41) is 0. The lowest BCUT2D eigenvalue weighted by atomic mass is 10.2. The Balaban J connectivity index is 1.69. The molecule has 4 aromatic rings. The minimum atomic E-state index is -0.975. The van der Waals surface area contributed by atoms with Crippen molar-refractivity contribution in [2.45, 2.75) is 12.7 Å². The highest BCUT2D eigenvalue weighted by molar-refractivity contribution is 7.98. The van der Waals surface area contributed by atoms with Crippen LogP contribution in [0, 0.1) is 0 Å². The van der Waals surface area contributed by atoms with E-state index < -0.39 is 29.4 Å². The van der Waals surface area contributed by atoms with Crippen LogP contribution in [0.15, 0.2) is 95.8 Å². The van der Waals surface area contributed by atoms with Crippen molar-refractivity contribution in [3.8, 4) is 0 Å². The van der Waals surface area contributed by atoms with Gasteiger partial charge in [0.2, 0.25) is 0 Å². The lowest BCUT2D eigenvalue weighted by Gasteiger charge is -2.10. The number of nitrogens with zero attached hydrogens (tertiary/aromatic N) is 2. The zero-order chi connectivity index (χ0) is 28.5. The molecule has 0 aliphatic carbocycles. The number of ether oxygens (including phenoxy) is 2. The second kappa shape index (κ2) is 13.4. The first kappa shape index (κ1) is 28.3. The Labute approximate surface area is 234 Å². The first-order chi connectivity index (χ1) is 19.4. The van der Waals surface area contributed by atoms with Gasteiger partial charge in [0.05, 0.1) is 17.9 Å². The minimum Gasteiger partial charge on any atom is -0.461 e. The van der Waals surface area contributed by atoms with Crippen molar-refractivity contribution < 1.29 is 28.7 Å². The highest BCUT2D eigenvalue weighted by atomic mass is 32.2. The van der Waals surface area contributed by atoms with Gasteiger partial charge in [-0.3, -0.25) is 9.59 Å². The summed E-state index contributed by atoms with van der Waals surface area (Å²) in [5.74, 6) is -2.57. The minimum absolute atomic E-state index is 0.00756. The van der Waals surface area contributed by atoms with Crippen molar-refractivity contribution in [1.29, 1.82) is 0 Å². The van der Waals surface area contributed by atoms with Gasteiger partial charge in [0.25, 0.3) is 11.8 Å². The van der Waals surface area contributed by atoms with E-state index in [9.17, 15) is 24.0 Å². The van der Waals surface area contributed by atoms with E-state index in [2.05, 4.69) is 0 Å². The number of benzene rings is 3. The molecule has 0 saturated carbocycles. The number of esters is 2. The molecule has 0 saturated heterocycles. The summed E-state index contributed by atoms with van der Waals surface area (Å²) < 4.78 is 12.0. The maximum Gasteiger partial charge on any atom is 0.357 e. The second-order valence-corrected chi connectivity index (χ2v) is 9.47. The van der Waals surface area contributed by atoms with Crippen molar-refractivity contribution in [3.05, 3.63) is 130 Å². The zero-order valence-corrected chi connectivity index (χ0v) is 22.5. The number of rotatable bonds is 10. The van der Waals surface area contributed by atoms with Crippen LogP contribution < -0.4 is 5.69 Å². The van der Waals surface area contributed by atoms with Crippen molar-refractivity contribution in [3.63, 3.8) is 0 Å². The molecule has 0 atom stereocenters. The summed E-state index contributed by atoms with van der Waals surface area (Å²) in [6.07, 6.45) is 0. The van der Waals surface area contributed by atoms with Crippen molar-refractivity contribution in [2.75, 3.05) is 19.0 Å². The Morgan fingerprint density at radius 1 is 0.675 bits per heavy atom. The van der Waals surface area contributed by atoms with Gasteiger partial charge in [-0.05, 0) is 43.3 Å². The van der Waals surface area contributed by atoms with Crippen LogP contribution in [0.5, 0.6) is 0 Å². The predicted octanol–water partition coefficient (Wildman–Crippen LogP) is 4.29.